The standard InChI is InChI=1S/C8H12O2/c1-4-7(2)5-6-8(9)10-3/h4-6H,1-3H3. The fourth-order valence-electron chi connectivity index (χ4n) is 0.364. The van der Waals surface area contributed by atoms with E-state index in [0.29, 0.717) is 0 Å². The lowest BCUT2D eigenvalue weighted by Gasteiger charge is -1.89. The van der Waals surface area contributed by atoms with Gasteiger partial charge in [0.15, 0.2) is 0 Å². The third-order valence-electron chi connectivity index (χ3n) is 1.14. The number of methoxy groups -OCH3 is 1. The Hall–Kier alpha value is -1.05. The highest BCUT2D eigenvalue weighted by Crippen LogP contribution is 1.93. The lowest BCUT2D eigenvalue weighted by Crippen LogP contribution is -1.93. The highest BCUT2D eigenvalue weighted by molar-refractivity contribution is 5.82. The van der Waals surface area contributed by atoms with Crippen LogP contribution in [-0.2, 0) is 9.53 Å². The molecule has 0 aromatic heterocycles. The number of rotatable bonds is 2. The Morgan fingerprint density at radius 2 is 2.00 bits per heavy atom. The summed E-state index contributed by atoms with van der Waals surface area (Å²) in [6.45, 7) is 3.83. The third-order valence-corrected chi connectivity index (χ3v) is 1.14. The molecule has 56 valence electrons. The van der Waals surface area contributed by atoms with Crippen molar-refractivity contribution in [3.63, 3.8) is 0 Å². The molecule has 0 aliphatic rings. The first-order valence-electron chi connectivity index (χ1n) is 3.09. The molecule has 0 rings (SSSR count). The van der Waals surface area contributed by atoms with Gasteiger partial charge in [-0.15, -0.1) is 0 Å². The van der Waals surface area contributed by atoms with Gasteiger partial charge in [0, 0.05) is 6.08 Å². The van der Waals surface area contributed by atoms with Crippen molar-refractivity contribution in [3.8, 4) is 0 Å². The number of allylic oxidation sites excluding steroid dienone is 3. The molecular weight excluding hydrogens is 128 g/mol. The van der Waals surface area contributed by atoms with Crippen LogP contribution < -0.4 is 0 Å². The Morgan fingerprint density at radius 3 is 2.40 bits per heavy atom. The van der Waals surface area contributed by atoms with E-state index in [0.717, 1.165) is 5.57 Å². The first-order chi connectivity index (χ1) is 4.70. The molecule has 0 aliphatic heterocycles. The molecule has 0 aromatic rings. The number of ether oxygens (including phenoxy) is 1. The molecule has 2 heteroatoms. The summed E-state index contributed by atoms with van der Waals surface area (Å²) in [5, 5.41) is 0. The Morgan fingerprint density at radius 1 is 1.40 bits per heavy atom. The monoisotopic (exact) mass is 140 g/mol. The maximum Gasteiger partial charge on any atom is 0.330 e. The topological polar surface area (TPSA) is 26.3 Å². The molecule has 0 saturated carbocycles. The van der Waals surface area contributed by atoms with E-state index >= 15 is 0 Å². The van der Waals surface area contributed by atoms with E-state index in [2.05, 4.69) is 4.74 Å². The summed E-state index contributed by atoms with van der Waals surface area (Å²) in [5.74, 6) is -0.318. The Labute approximate surface area is 61.2 Å². The molecular formula is C8H12O2. The van der Waals surface area contributed by atoms with Crippen LogP contribution >= 0.6 is 0 Å². The molecule has 2 nitrogen and oxygen atoms in total. The molecule has 10 heavy (non-hydrogen) atoms. The fourth-order valence-corrected chi connectivity index (χ4v) is 0.364. The van der Waals surface area contributed by atoms with Crippen molar-refractivity contribution in [1.82, 2.24) is 0 Å². The normalized spacial score (nSPS) is 12.1. The summed E-state index contributed by atoms with van der Waals surface area (Å²) in [6.07, 6.45) is 5.03. The molecule has 0 bridgehead atoms. The smallest absolute Gasteiger partial charge is 0.330 e. The third kappa shape index (κ3) is 3.89. The van der Waals surface area contributed by atoms with E-state index in [1.807, 2.05) is 19.9 Å². The van der Waals surface area contributed by atoms with Gasteiger partial charge in [0.25, 0.3) is 0 Å². The minimum Gasteiger partial charge on any atom is -0.466 e. The fraction of sp³-hybridized carbons (Fsp3) is 0.375. The van der Waals surface area contributed by atoms with Crippen LogP contribution in [-0.4, -0.2) is 13.1 Å². The van der Waals surface area contributed by atoms with Crippen molar-refractivity contribution < 1.29 is 9.53 Å². The van der Waals surface area contributed by atoms with Crippen molar-refractivity contribution in [1.29, 1.82) is 0 Å². The average molecular weight is 140 g/mol. The van der Waals surface area contributed by atoms with Crippen LogP contribution in [0.1, 0.15) is 13.8 Å². The zero-order valence-corrected chi connectivity index (χ0v) is 6.55. The van der Waals surface area contributed by atoms with Crippen LogP contribution in [0.4, 0.5) is 0 Å². The number of esters is 1. The van der Waals surface area contributed by atoms with Crippen molar-refractivity contribution in [3.05, 3.63) is 23.8 Å². The summed E-state index contributed by atoms with van der Waals surface area (Å²) in [4.78, 5) is 10.5. The maximum absolute atomic E-state index is 10.5. The average Bonchev–Trinajstić information content (AvgIpc) is 1.99. The minimum absolute atomic E-state index is 0.318. The van der Waals surface area contributed by atoms with Gasteiger partial charge in [-0.05, 0) is 13.8 Å². The zero-order valence-electron chi connectivity index (χ0n) is 6.55. The molecule has 0 fully saturated rings. The summed E-state index contributed by atoms with van der Waals surface area (Å²) >= 11 is 0. The van der Waals surface area contributed by atoms with Crippen molar-refractivity contribution in [2.24, 2.45) is 0 Å². The number of carbonyl (C=O) groups is 1. The first kappa shape index (κ1) is 8.95. The molecule has 0 atom stereocenters. The van der Waals surface area contributed by atoms with Crippen LogP contribution in [0.25, 0.3) is 0 Å². The van der Waals surface area contributed by atoms with E-state index in [1.165, 1.54) is 13.2 Å². The highest BCUT2D eigenvalue weighted by atomic mass is 16.5. The molecule has 0 amide bonds. The van der Waals surface area contributed by atoms with Crippen molar-refractivity contribution in [2.45, 2.75) is 13.8 Å². The predicted molar refractivity (Wildman–Crippen MR) is 40.6 cm³/mol. The maximum atomic E-state index is 10.5. The molecule has 0 N–H and O–H groups in total. The van der Waals surface area contributed by atoms with Crippen LogP contribution in [0.2, 0.25) is 0 Å². The SMILES string of the molecule is CC=C(C)C=CC(=O)OC. The summed E-state index contributed by atoms with van der Waals surface area (Å²) in [6, 6.07) is 0. The van der Waals surface area contributed by atoms with Crippen LogP contribution in [0.3, 0.4) is 0 Å². The Kier molecular flexibility index (Phi) is 4.29. The van der Waals surface area contributed by atoms with Crippen LogP contribution in [0.5, 0.6) is 0 Å². The van der Waals surface area contributed by atoms with Gasteiger partial charge < -0.3 is 4.74 Å². The van der Waals surface area contributed by atoms with Gasteiger partial charge in [-0.25, -0.2) is 4.79 Å². The second-order valence-corrected chi connectivity index (χ2v) is 1.89. The van der Waals surface area contributed by atoms with Crippen LogP contribution in [0.15, 0.2) is 23.8 Å². The van der Waals surface area contributed by atoms with Crippen molar-refractivity contribution in [2.75, 3.05) is 7.11 Å². The predicted octanol–water partition coefficient (Wildman–Crippen LogP) is 1.68. The molecule has 0 aliphatic carbocycles. The first-order valence-corrected chi connectivity index (χ1v) is 3.09. The van der Waals surface area contributed by atoms with E-state index in [4.69, 9.17) is 0 Å². The number of hydrogen-bond acceptors (Lipinski definition) is 2. The van der Waals surface area contributed by atoms with Gasteiger partial charge in [-0.3, -0.25) is 0 Å². The molecule has 0 radical (unpaired) electrons. The largest absolute Gasteiger partial charge is 0.466 e. The quantitative estimate of drug-likeness (QED) is 0.331. The summed E-state index contributed by atoms with van der Waals surface area (Å²) in [5.41, 5.74) is 1.05. The molecule has 0 aromatic carbocycles. The zero-order chi connectivity index (χ0) is 7.98. The second kappa shape index (κ2) is 4.79. The lowest BCUT2D eigenvalue weighted by molar-refractivity contribution is -0.134. The van der Waals surface area contributed by atoms with E-state index in [9.17, 15) is 4.79 Å². The minimum atomic E-state index is -0.318. The van der Waals surface area contributed by atoms with Gasteiger partial charge in [-0.2, -0.15) is 0 Å². The van der Waals surface area contributed by atoms with Gasteiger partial charge in [0.1, 0.15) is 0 Å². The lowest BCUT2D eigenvalue weighted by atomic mass is 10.3. The van der Waals surface area contributed by atoms with Crippen molar-refractivity contribution >= 4 is 5.97 Å². The number of hydrogen-bond donors (Lipinski definition) is 0. The van der Waals surface area contributed by atoms with Gasteiger partial charge in [0.2, 0.25) is 0 Å². The van der Waals surface area contributed by atoms with E-state index in [-0.39, 0.29) is 5.97 Å². The Bertz CT molecular complexity index is 166. The summed E-state index contributed by atoms with van der Waals surface area (Å²) < 4.78 is 4.39. The Balaban J connectivity index is 3.88. The van der Waals surface area contributed by atoms with Gasteiger partial charge in [-0.1, -0.05) is 17.7 Å². The molecule has 0 saturated heterocycles. The van der Waals surface area contributed by atoms with Gasteiger partial charge in [0.05, 0.1) is 7.11 Å². The van der Waals surface area contributed by atoms with Gasteiger partial charge >= 0.3 is 5.97 Å². The highest BCUT2D eigenvalue weighted by Gasteiger charge is 1.88. The molecule has 0 heterocycles. The summed E-state index contributed by atoms with van der Waals surface area (Å²) in [7, 11) is 1.36. The second-order valence-electron chi connectivity index (χ2n) is 1.89. The number of carbonyl (C=O) groups excluding carboxylic acids is 1. The van der Waals surface area contributed by atoms with E-state index in [1.54, 1.807) is 6.08 Å². The van der Waals surface area contributed by atoms with Crippen LogP contribution in [0, 0.1) is 0 Å². The molecule has 0 unspecified atom stereocenters. The molecule has 0 spiro atoms. The van der Waals surface area contributed by atoms with E-state index < -0.39 is 0 Å².